The Labute approximate surface area is 186 Å². The third kappa shape index (κ3) is 4.69. The van der Waals surface area contributed by atoms with E-state index >= 15 is 0 Å². The first kappa shape index (κ1) is 22.7. The molecular formula is C24H26ClNO5. The molecule has 1 saturated heterocycles. The Kier molecular flexibility index (Phi) is 6.91. The number of aliphatic hydroxyl groups is 1. The van der Waals surface area contributed by atoms with Gasteiger partial charge in [0.1, 0.15) is 17.3 Å². The molecule has 2 aromatic carbocycles. The number of phenols is 1. The van der Waals surface area contributed by atoms with E-state index in [1.54, 1.807) is 30.3 Å². The highest BCUT2D eigenvalue weighted by molar-refractivity contribution is 6.46. The van der Waals surface area contributed by atoms with Gasteiger partial charge in [0.2, 0.25) is 0 Å². The number of hydrogen-bond donors (Lipinski definition) is 2. The van der Waals surface area contributed by atoms with Crippen LogP contribution in [0.2, 0.25) is 5.02 Å². The summed E-state index contributed by atoms with van der Waals surface area (Å²) in [7, 11) is 0. The first-order valence-electron chi connectivity index (χ1n) is 10.3. The number of likely N-dealkylation sites (tertiary alicyclic amines) is 1. The van der Waals surface area contributed by atoms with Crippen molar-refractivity contribution in [2.45, 2.75) is 45.8 Å². The van der Waals surface area contributed by atoms with Crippen LogP contribution in [0.5, 0.6) is 11.5 Å². The molecule has 0 spiro atoms. The van der Waals surface area contributed by atoms with Crippen molar-refractivity contribution in [3.63, 3.8) is 0 Å². The maximum absolute atomic E-state index is 12.9. The van der Waals surface area contributed by atoms with E-state index in [0.717, 1.165) is 6.42 Å². The average Bonchev–Trinajstić information content (AvgIpc) is 2.98. The Balaban J connectivity index is 2.10. The number of nitrogens with zero attached hydrogens (tertiary/aromatic N) is 1. The molecule has 164 valence electrons. The second-order valence-electron chi connectivity index (χ2n) is 7.75. The summed E-state index contributed by atoms with van der Waals surface area (Å²) in [5, 5.41) is 20.9. The lowest BCUT2D eigenvalue weighted by Gasteiger charge is -2.25. The van der Waals surface area contributed by atoms with Crippen LogP contribution in [0.25, 0.3) is 5.76 Å². The van der Waals surface area contributed by atoms with E-state index in [0.29, 0.717) is 29.8 Å². The van der Waals surface area contributed by atoms with Gasteiger partial charge in [0.05, 0.1) is 22.7 Å². The molecule has 2 aromatic rings. The van der Waals surface area contributed by atoms with Gasteiger partial charge in [-0.05, 0) is 62.2 Å². The Bertz CT molecular complexity index is 1010. The summed E-state index contributed by atoms with van der Waals surface area (Å²) in [6.45, 7) is 6.18. The highest BCUT2D eigenvalue weighted by atomic mass is 35.5. The lowest BCUT2D eigenvalue weighted by atomic mass is 9.95. The van der Waals surface area contributed by atoms with E-state index in [1.165, 1.54) is 17.0 Å². The van der Waals surface area contributed by atoms with E-state index in [-0.39, 0.29) is 28.2 Å². The van der Waals surface area contributed by atoms with Gasteiger partial charge in [0.25, 0.3) is 11.7 Å². The number of ketones is 1. The van der Waals surface area contributed by atoms with E-state index in [2.05, 4.69) is 0 Å². The quantitative estimate of drug-likeness (QED) is 0.355. The Morgan fingerprint density at radius 2 is 1.84 bits per heavy atom. The van der Waals surface area contributed by atoms with Crippen LogP contribution in [0.3, 0.4) is 0 Å². The van der Waals surface area contributed by atoms with Gasteiger partial charge < -0.3 is 19.8 Å². The van der Waals surface area contributed by atoms with Gasteiger partial charge in [0.15, 0.2) is 0 Å². The number of unbranched alkanes of at least 4 members (excludes halogenated alkanes) is 1. The molecule has 0 saturated carbocycles. The van der Waals surface area contributed by atoms with Gasteiger partial charge in [-0.2, -0.15) is 0 Å². The smallest absolute Gasteiger partial charge is 0.295 e. The van der Waals surface area contributed by atoms with Crippen molar-refractivity contribution >= 4 is 29.1 Å². The van der Waals surface area contributed by atoms with Gasteiger partial charge in [-0.15, -0.1) is 0 Å². The first-order chi connectivity index (χ1) is 14.7. The summed E-state index contributed by atoms with van der Waals surface area (Å²) in [5.41, 5.74) is 0.944. The summed E-state index contributed by atoms with van der Waals surface area (Å²) in [6, 6.07) is 10.4. The number of aromatic hydroxyl groups is 1. The molecule has 1 amide bonds. The number of benzene rings is 2. The predicted octanol–water partition coefficient (Wildman–Crippen LogP) is 5.05. The van der Waals surface area contributed by atoms with E-state index in [1.807, 2.05) is 20.8 Å². The second kappa shape index (κ2) is 9.43. The molecule has 0 bridgehead atoms. The van der Waals surface area contributed by atoms with Gasteiger partial charge in [-0.1, -0.05) is 31.0 Å². The van der Waals surface area contributed by atoms with Crippen LogP contribution in [0.1, 0.15) is 50.8 Å². The molecule has 1 fully saturated rings. The van der Waals surface area contributed by atoms with Crippen molar-refractivity contribution in [2.75, 3.05) is 6.54 Å². The standard InChI is InChI=1S/C24H26ClNO5/c1-4-5-12-26-21(16-8-11-19(27)18(25)13-16)20(23(29)24(26)30)22(28)15-6-9-17(10-7-15)31-14(2)3/h6-11,13-14,21,27-28H,4-5,12H2,1-3H3/b22-20-. The van der Waals surface area contributed by atoms with E-state index < -0.39 is 17.7 Å². The normalized spacial score (nSPS) is 18.1. The number of carbonyl (C=O) groups is 2. The van der Waals surface area contributed by atoms with Crippen LogP contribution >= 0.6 is 11.6 Å². The van der Waals surface area contributed by atoms with Gasteiger partial charge in [-0.3, -0.25) is 9.59 Å². The third-order valence-corrected chi connectivity index (χ3v) is 5.38. The summed E-state index contributed by atoms with van der Waals surface area (Å²) in [4.78, 5) is 27.2. The SMILES string of the molecule is CCCCN1C(=O)C(=O)/C(=C(\O)c2ccc(OC(C)C)cc2)C1c1ccc(O)c(Cl)c1. The van der Waals surface area contributed by atoms with Crippen molar-refractivity contribution < 1.29 is 24.5 Å². The number of halogens is 1. The molecule has 1 heterocycles. The van der Waals surface area contributed by atoms with Crippen molar-refractivity contribution in [3.8, 4) is 11.5 Å². The van der Waals surface area contributed by atoms with Crippen LogP contribution < -0.4 is 4.74 Å². The monoisotopic (exact) mass is 443 g/mol. The number of amides is 1. The van der Waals surface area contributed by atoms with Gasteiger partial charge in [0, 0.05) is 12.1 Å². The highest BCUT2D eigenvalue weighted by Crippen LogP contribution is 2.41. The molecule has 7 heteroatoms. The number of ether oxygens (including phenoxy) is 1. The van der Waals surface area contributed by atoms with Gasteiger partial charge in [-0.25, -0.2) is 0 Å². The minimum absolute atomic E-state index is 0.000359. The molecule has 0 aliphatic carbocycles. The Hall–Kier alpha value is -2.99. The van der Waals surface area contributed by atoms with E-state index in [9.17, 15) is 19.8 Å². The minimum atomic E-state index is -0.795. The van der Waals surface area contributed by atoms with Crippen LogP contribution in [0, 0.1) is 0 Å². The van der Waals surface area contributed by atoms with Crippen molar-refractivity contribution in [3.05, 3.63) is 64.2 Å². The fraction of sp³-hybridized carbons (Fsp3) is 0.333. The van der Waals surface area contributed by atoms with Crippen molar-refractivity contribution in [2.24, 2.45) is 0 Å². The van der Waals surface area contributed by atoms with Crippen LogP contribution in [-0.2, 0) is 9.59 Å². The van der Waals surface area contributed by atoms with Crippen LogP contribution in [-0.4, -0.2) is 39.5 Å². The zero-order valence-corrected chi connectivity index (χ0v) is 18.5. The molecule has 1 aliphatic heterocycles. The largest absolute Gasteiger partial charge is 0.507 e. The summed E-state index contributed by atoms with van der Waals surface area (Å²) < 4.78 is 5.62. The number of phenolic OH excluding ortho intramolecular Hbond substituents is 1. The fourth-order valence-corrected chi connectivity index (χ4v) is 3.79. The van der Waals surface area contributed by atoms with Crippen LogP contribution in [0.4, 0.5) is 0 Å². The van der Waals surface area contributed by atoms with Crippen LogP contribution in [0.15, 0.2) is 48.0 Å². The average molecular weight is 444 g/mol. The summed E-state index contributed by atoms with van der Waals surface area (Å²) in [5.74, 6) is -1.13. The zero-order chi connectivity index (χ0) is 22.7. The molecule has 1 aliphatic rings. The molecule has 0 aromatic heterocycles. The molecule has 31 heavy (non-hydrogen) atoms. The maximum Gasteiger partial charge on any atom is 0.295 e. The number of rotatable bonds is 7. The highest BCUT2D eigenvalue weighted by Gasteiger charge is 2.45. The summed E-state index contributed by atoms with van der Waals surface area (Å²) in [6.07, 6.45) is 1.54. The minimum Gasteiger partial charge on any atom is -0.507 e. The summed E-state index contributed by atoms with van der Waals surface area (Å²) >= 11 is 6.09. The van der Waals surface area contributed by atoms with Crippen molar-refractivity contribution in [1.29, 1.82) is 0 Å². The fourth-order valence-electron chi connectivity index (χ4n) is 3.60. The molecule has 3 rings (SSSR count). The zero-order valence-electron chi connectivity index (χ0n) is 17.8. The Morgan fingerprint density at radius 3 is 2.42 bits per heavy atom. The molecular weight excluding hydrogens is 418 g/mol. The lowest BCUT2D eigenvalue weighted by Crippen LogP contribution is -2.30. The molecule has 2 N–H and O–H groups in total. The second-order valence-corrected chi connectivity index (χ2v) is 8.16. The third-order valence-electron chi connectivity index (χ3n) is 5.08. The molecule has 1 atom stereocenters. The number of carbonyl (C=O) groups excluding carboxylic acids is 2. The predicted molar refractivity (Wildman–Crippen MR) is 119 cm³/mol. The van der Waals surface area contributed by atoms with E-state index in [4.69, 9.17) is 16.3 Å². The Morgan fingerprint density at radius 1 is 1.16 bits per heavy atom. The molecule has 0 radical (unpaired) electrons. The topological polar surface area (TPSA) is 87.1 Å². The van der Waals surface area contributed by atoms with Crippen molar-refractivity contribution in [1.82, 2.24) is 4.90 Å². The molecule has 1 unspecified atom stereocenters. The maximum atomic E-state index is 12.9. The number of Topliss-reactive ketones (excluding diaryl/α,β-unsaturated/α-hetero) is 1. The first-order valence-corrected chi connectivity index (χ1v) is 10.7. The number of hydrogen-bond acceptors (Lipinski definition) is 5. The lowest BCUT2D eigenvalue weighted by molar-refractivity contribution is -0.139. The molecule has 6 nitrogen and oxygen atoms in total. The van der Waals surface area contributed by atoms with Gasteiger partial charge >= 0.3 is 0 Å². The number of aliphatic hydroxyl groups excluding tert-OH is 1.